The summed E-state index contributed by atoms with van der Waals surface area (Å²) in [5, 5.41) is 27.5. The summed E-state index contributed by atoms with van der Waals surface area (Å²) in [6.07, 6.45) is 1.03. The number of imide groups is 1. The molecule has 0 unspecified atom stereocenters. The third-order valence-corrected chi connectivity index (χ3v) is 17.2. The normalized spacial score (nSPS) is 17.6. The first-order valence-electron chi connectivity index (χ1n) is 30.0. The van der Waals surface area contributed by atoms with Gasteiger partial charge >= 0.3 is 18.0 Å². The predicted octanol–water partition coefficient (Wildman–Crippen LogP) is 1.11. The molecule has 488 valence electrons. The standard InChI is InChI=1S/C61H75N11O18S/c1-6-61(43-27-47-54-41(30-72(47)58(81)42(43)32-86-59(61)82)40(29-63-18-22-69-20-16-62-17-21-69)39-26-48-49(89-34-88-48)28-45(39)67-54)90-33-70(23-24-91(5,84)85)60(83)87-31-37-7-9-38(10-8-37)65-56(79)44(11-14-53(76)77)68-55(78)36(4)64-57(80)46(25-35(2)3)66-50(73)15-19-71-51(74)12-13-52(71)75/h7-10,12-13,26-28,35-36,44,46,62-63H,6,11,14-25,29-34H2,1-5H3,(H,64,80)(H,65,79)(H,66,73)(H,68,78)(H,76,77)/t36-,44-,46+,61-/m0/s1. The highest BCUT2D eigenvalue weighted by Crippen LogP contribution is 2.44. The van der Waals surface area contributed by atoms with Crippen LogP contribution >= 0.6 is 0 Å². The number of pyridine rings is 2. The Morgan fingerprint density at radius 2 is 1.57 bits per heavy atom. The van der Waals surface area contributed by atoms with Gasteiger partial charge in [-0.1, -0.05) is 32.9 Å². The Hall–Kier alpha value is -8.84. The summed E-state index contributed by atoms with van der Waals surface area (Å²) in [6.45, 7) is 10.5. The first kappa shape index (κ1) is 66.6. The second kappa shape index (κ2) is 29.0. The van der Waals surface area contributed by atoms with E-state index in [0.29, 0.717) is 47.1 Å². The molecule has 1 fully saturated rings. The van der Waals surface area contributed by atoms with Crippen molar-refractivity contribution in [1.29, 1.82) is 0 Å². The number of anilines is 1. The number of hydrogen-bond acceptors (Lipinski definition) is 21. The lowest BCUT2D eigenvalue weighted by molar-refractivity contribution is -0.187. The maximum absolute atomic E-state index is 14.7. The molecular formula is C61H75N11O18S. The van der Waals surface area contributed by atoms with Crippen molar-refractivity contribution in [3.63, 3.8) is 0 Å². The number of carboxylic acid groups (broad SMARTS) is 1. The number of aromatic nitrogens is 2. The van der Waals surface area contributed by atoms with Crippen molar-refractivity contribution in [3.8, 4) is 22.9 Å². The number of nitrogens with zero attached hydrogens (tertiary/aromatic N) is 5. The third kappa shape index (κ3) is 16.0. The van der Waals surface area contributed by atoms with E-state index in [2.05, 4.69) is 36.8 Å². The lowest BCUT2D eigenvalue weighted by atomic mass is 9.85. The molecule has 4 atom stereocenters. The minimum atomic E-state index is -3.69. The van der Waals surface area contributed by atoms with Crippen LogP contribution in [0.2, 0.25) is 0 Å². The number of sulfone groups is 1. The van der Waals surface area contributed by atoms with Crippen LogP contribution in [0.15, 0.2) is 59.4 Å². The van der Waals surface area contributed by atoms with Crippen LogP contribution in [-0.2, 0) is 94.3 Å². The van der Waals surface area contributed by atoms with Gasteiger partial charge in [0.2, 0.25) is 30.4 Å². The highest BCUT2D eigenvalue weighted by molar-refractivity contribution is 7.90. The van der Waals surface area contributed by atoms with Crippen molar-refractivity contribution >= 4 is 79.9 Å². The molecule has 1 saturated heterocycles. The van der Waals surface area contributed by atoms with E-state index < -0.39 is 118 Å². The van der Waals surface area contributed by atoms with Crippen molar-refractivity contribution in [2.45, 2.75) is 110 Å². The van der Waals surface area contributed by atoms with Crippen LogP contribution in [0.1, 0.15) is 87.6 Å². The fourth-order valence-corrected chi connectivity index (χ4v) is 11.8. The van der Waals surface area contributed by atoms with Crippen molar-refractivity contribution < 1.29 is 80.4 Å². The molecule has 5 aliphatic rings. The maximum Gasteiger partial charge on any atom is 0.411 e. The molecule has 2 aromatic carbocycles. The van der Waals surface area contributed by atoms with Crippen molar-refractivity contribution in [1.82, 2.24) is 50.8 Å². The monoisotopic (exact) mass is 1280 g/mol. The van der Waals surface area contributed by atoms with Gasteiger partial charge < -0.3 is 65.3 Å². The molecule has 9 rings (SSSR count). The molecule has 5 aliphatic heterocycles. The van der Waals surface area contributed by atoms with Gasteiger partial charge in [0, 0.05) is 118 Å². The lowest BCUT2D eigenvalue weighted by Crippen LogP contribution is -2.55. The van der Waals surface area contributed by atoms with Gasteiger partial charge in [-0.3, -0.25) is 53.1 Å². The van der Waals surface area contributed by atoms with E-state index in [1.54, 1.807) is 37.5 Å². The zero-order chi connectivity index (χ0) is 65.3. The zero-order valence-corrected chi connectivity index (χ0v) is 52.0. The Kier molecular flexibility index (Phi) is 21.2. The van der Waals surface area contributed by atoms with Crippen LogP contribution in [0.5, 0.6) is 11.5 Å². The summed E-state index contributed by atoms with van der Waals surface area (Å²) >= 11 is 0. The molecule has 0 spiro atoms. The molecule has 0 aliphatic carbocycles. The number of benzene rings is 2. The summed E-state index contributed by atoms with van der Waals surface area (Å²) in [7, 11) is -3.69. The number of esters is 1. The molecule has 0 saturated carbocycles. The predicted molar refractivity (Wildman–Crippen MR) is 325 cm³/mol. The average Bonchev–Trinajstić information content (AvgIpc) is 1.64. The molecule has 2 aromatic heterocycles. The Morgan fingerprint density at radius 1 is 0.857 bits per heavy atom. The van der Waals surface area contributed by atoms with Gasteiger partial charge in [0.05, 0.1) is 34.8 Å². The van der Waals surface area contributed by atoms with Crippen molar-refractivity contribution in [2.24, 2.45) is 5.92 Å². The quantitative estimate of drug-likeness (QED) is 0.0153. The number of piperazine rings is 1. The highest BCUT2D eigenvalue weighted by Gasteiger charge is 2.49. The first-order valence-corrected chi connectivity index (χ1v) is 32.1. The van der Waals surface area contributed by atoms with E-state index in [1.807, 2.05) is 6.07 Å². The summed E-state index contributed by atoms with van der Waals surface area (Å²) in [5.41, 5.74) is 1.80. The summed E-state index contributed by atoms with van der Waals surface area (Å²) in [6, 6.07) is 7.46. The van der Waals surface area contributed by atoms with Crippen molar-refractivity contribution in [3.05, 3.63) is 92.8 Å². The second-order valence-corrected chi connectivity index (χ2v) is 25.5. The maximum atomic E-state index is 14.7. The van der Waals surface area contributed by atoms with E-state index in [1.165, 1.54) is 31.2 Å². The van der Waals surface area contributed by atoms with Crippen LogP contribution in [0.25, 0.3) is 22.3 Å². The molecule has 7 heterocycles. The fraction of sp³-hybridized carbons (Fsp3) is 0.492. The van der Waals surface area contributed by atoms with Crippen LogP contribution in [-0.4, -0.2) is 187 Å². The van der Waals surface area contributed by atoms with E-state index in [4.69, 9.17) is 28.7 Å². The molecule has 29 nitrogen and oxygen atoms in total. The van der Waals surface area contributed by atoms with Gasteiger partial charge in [0.25, 0.3) is 17.4 Å². The number of carbonyl (C=O) groups is 9. The number of carboxylic acids is 1. The Labute approximate surface area is 523 Å². The molecule has 7 N–H and O–H groups in total. The number of rotatable bonds is 29. The fourth-order valence-electron chi connectivity index (χ4n) is 11.2. The number of nitrogens with one attached hydrogen (secondary N) is 6. The minimum Gasteiger partial charge on any atom is -0.481 e. The van der Waals surface area contributed by atoms with Gasteiger partial charge in [0.1, 0.15) is 47.9 Å². The van der Waals surface area contributed by atoms with E-state index >= 15 is 0 Å². The van der Waals surface area contributed by atoms with Crippen LogP contribution in [0, 0.1) is 5.92 Å². The number of ether oxygens (including phenoxy) is 5. The average molecular weight is 1280 g/mol. The Morgan fingerprint density at radius 3 is 2.25 bits per heavy atom. The summed E-state index contributed by atoms with van der Waals surface area (Å²) < 4.78 is 55.9. The number of hydrogen-bond donors (Lipinski definition) is 7. The van der Waals surface area contributed by atoms with Crippen LogP contribution in [0.4, 0.5) is 10.5 Å². The Bertz CT molecular complexity index is 3700. The summed E-state index contributed by atoms with van der Waals surface area (Å²) in [5.74, 6) is -5.79. The Balaban J connectivity index is 0.850. The van der Waals surface area contributed by atoms with Gasteiger partial charge in [-0.15, -0.1) is 0 Å². The minimum absolute atomic E-state index is 0.0532. The van der Waals surface area contributed by atoms with Gasteiger partial charge in [-0.25, -0.2) is 23.0 Å². The number of aliphatic carboxylic acids is 1. The zero-order valence-electron chi connectivity index (χ0n) is 51.2. The largest absolute Gasteiger partial charge is 0.481 e. The number of amides is 7. The van der Waals surface area contributed by atoms with Gasteiger partial charge in [-0.05, 0) is 67.5 Å². The first-order chi connectivity index (χ1) is 43.4. The molecule has 4 aromatic rings. The van der Waals surface area contributed by atoms with Crippen LogP contribution in [0.3, 0.4) is 0 Å². The highest BCUT2D eigenvalue weighted by atomic mass is 32.2. The molecule has 30 heteroatoms. The van der Waals surface area contributed by atoms with E-state index in [-0.39, 0.29) is 81.5 Å². The number of fused-ring (bicyclic) bond motifs is 6. The topological polar surface area (TPSA) is 371 Å². The molecular weight excluding hydrogens is 1210 g/mol. The number of cyclic esters (lactones) is 1. The molecule has 0 bridgehead atoms. The second-order valence-electron chi connectivity index (χ2n) is 23.3. The lowest BCUT2D eigenvalue weighted by Gasteiger charge is -2.37. The molecule has 0 radical (unpaired) electrons. The van der Waals surface area contributed by atoms with Gasteiger partial charge in [0.15, 0.2) is 17.1 Å². The van der Waals surface area contributed by atoms with Crippen LogP contribution < -0.4 is 46.9 Å². The van der Waals surface area contributed by atoms with Gasteiger partial charge in [-0.2, -0.15) is 0 Å². The van der Waals surface area contributed by atoms with E-state index in [0.717, 1.165) is 77.4 Å². The smallest absolute Gasteiger partial charge is 0.411 e. The molecule has 7 amide bonds. The molecule has 91 heavy (non-hydrogen) atoms. The number of carbonyl (C=O) groups excluding carboxylic acids is 8. The SMILES string of the molecule is CC[C@@]1(OCN(CCS(C)(=O)=O)C(=O)OCc2ccc(NC(=O)[C@H](CCC(=O)O)NC(=O)[C@H](C)NC(=O)[C@@H](CC(C)C)NC(=O)CCN3C(=O)C=CC3=O)cc2)C(=O)OCc2c1cc1n(c2=O)Cc2c-1nc1cc3c(cc1c2CNCCN1CCNCC1)OCO3. The summed E-state index contributed by atoms with van der Waals surface area (Å²) in [4.78, 5) is 141. The third-order valence-electron chi connectivity index (χ3n) is 16.3. The van der Waals surface area contributed by atoms with Crippen molar-refractivity contribution in [2.75, 3.05) is 83.2 Å². The van der Waals surface area contributed by atoms with E-state index in [9.17, 15) is 61.5 Å².